The maximum Gasteiger partial charge on any atom is 0.224 e. The number of rotatable bonds is 8. The number of nitrogens with one attached hydrogen (secondary N) is 2. The molecule has 0 aromatic heterocycles. The van der Waals surface area contributed by atoms with Crippen molar-refractivity contribution in [3.8, 4) is 0 Å². The largest absolute Gasteiger partial charge is 0.356 e. The number of unbranched alkanes of at least 4 members (excludes halogenated alkanes) is 1. The predicted molar refractivity (Wildman–Crippen MR) is 112 cm³/mol. The molecule has 1 atom stereocenters. The predicted octanol–water partition coefficient (Wildman–Crippen LogP) is 2.70. The minimum absolute atomic E-state index is 0. The van der Waals surface area contributed by atoms with Gasteiger partial charge in [0.15, 0.2) is 5.96 Å². The summed E-state index contributed by atoms with van der Waals surface area (Å²) < 4.78 is 0. The maximum absolute atomic E-state index is 12.2. The zero-order valence-electron chi connectivity index (χ0n) is 14.8. The summed E-state index contributed by atoms with van der Waals surface area (Å²) >= 11 is 1.88. The summed E-state index contributed by atoms with van der Waals surface area (Å²) in [6, 6.07) is 0.398. The van der Waals surface area contributed by atoms with Gasteiger partial charge in [0.05, 0.1) is 0 Å². The Kier molecular flexibility index (Phi) is 14.1. The molecule has 1 aliphatic heterocycles. The van der Waals surface area contributed by atoms with Gasteiger partial charge in [-0.25, -0.2) is 0 Å². The molecule has 1 saturated heterocycles. The molecule has 1 unspecified atom stereocenters. The van der Waals surface area contributed by atoms with Crippen LogP contribution in [-0.4, -0.2) is 61.5 Å². The van der Waals surface area contributed by atoms with Gasteiger partial charge in [-0.2, -0.15) is 11.8 Å². The van der Waals surface area contributed by atoms with Crippen molar-refractivity contribution in [1.29, 1.82) is 0 Å². The van der Waals surface area contributed by atoms with Gasteiger partial charge in [-0.05, 0) is 51.0 Å². The van der Waals surface area contributed by atoms with E-state index in [0.717, 1.165) is 38.3 Å². The zero-order valence-corrected chi connectivity index (χ0v) is 17.9. The first-order valence-electron chi connectivity index (χ1n) is 8.42. The van der Waals surface area contributed by atoms with Crippen molar-refractivity contribution in [2.45, 2.75) is 51.5 Å². The van der Waals surface area contributed by atoms with Crippen LogP contribution in [0.15, 0.2) is 4.99 Å². The molecule has 0 radical (unpaired) electrons. The topological polar surface area (TPSA) is 56.7 Å². The highest BCUT2D eigenvalue weighted by Crippen LogP contribution is 2.16. The molecular weight excluding hydrogens is 423 g/mol. The minimum atomic E-state index is 0. The van der Waals surface area contributed by atoms with Gasteiger partial charge in [-0.1, -0.05) is 0 Å². The fourth-order valence-electron chi connectivity index (χ4n) is 2.70. The molecule has 136 valence electrons. The molecule has 2 N–H and O–H groups in total. The first kappa shape index (κ1) is 22.8. The Labute approximate surface area is 162 Å². The number of carbonyl (C=O) groups is 1. The number of piperidine rings is 1. The number of halogens is 1. The third-order valence-corrected chi connectivity index (χ3v) is 4.74. The standard InChI is InChI=1S/C16H32N4OS.HI/c1-14-8-4-6-12-20(14)15(21)9-11-19-16(17-2)18-10-5-7-13-22-3;/h14H,4-13H2,1-3H3,(H2,17,18,19);1H. The van der Waals surface area contributed by atoms with Crippen LogP contribution in [0, 0.1) is 0 Å². The summed E-state index contributed by atoms with van der Waals surface area (Å²) in [5.41, 5.74) is 0. The van der Waals surface area contributed by atoms with Gasteiger partial charge in [-0.15, -0.1) is 24.0 Å². The normalized spacial score (nSPS) is 18.3. The van der Waals surface area contributed by atoms with E-state index in [1.54, 1.807) is 7.05 Å². The van der Waals surface area contributed by atoms with Crippen LogP contribution >= 0.6 is 35.7 Å². The highest BCUT2D eigenvalue weighted by molar-refractivity contribution is 14.0. The number of aliphatic imine (C=N–C) groups is 1. The van der Waals surface area contributed by atoms with Crippen molar-refractivity contribution < 1.29 is 4.79 Å². The van der Waals surface area contributed by atoms with E-state index < -0.39 is 0 Å². The summed E-state index contributed by atoms with van der Waals surface area (Å²) in [7, 11) is 1.77. The maximum atomic E-state index is 12.2. The molecule has 0 bridgehead atoms. The van der Waals surface area contributed by atoms with Gasteiger partial charge >= 0.3 is 0 Å². The SMILES string of the molecule is CN=C(NCCCCSC)NCCC(=O)N1CCCCC1C.I. The monoisotopic (exact) mass is 456 g/mol. The second-order valence-electron chi connectivity index (χ2n) is 5.81. The second-order valence-corrected chi connectivity index (χ2v) is 6.79. The van der Waals surface area contributed by atoms with Gasteiger partial charge in [-0.3, -0.25) is 9.79 Å². The molecule has 1 amide bonds. The van der Waals surface area contributed by atoms with E-state index >= 15 is 0 Å². The fraction of sp³-hybridized carbons (Fsp3) is 0.875. The quantitative estimate of drug-likeness (QED) is 0.255. The lowest BCUT2D eigenvalue weighted by Gasteiger charge is -2.33. The molecule has 1 aliphatic rings. The number of carbonyl (C=O) groups excluding carboxylic acids is 1. The van der Waals surface area contributed by atoms with Crippen molar-refractivity contribution in [2.75, 3.05) is 38.7 Å². The summed E-state index contributed by atoms with van der Waals surface area (Å²) in [6.45, 7) is 4.64. The van der Waals surface area contributed by atoms with Gasteiger partial charge in [0.1, 0.15) is 0 Å². The lowest BCUT2D eigenvalue weighted by molar-refractivity contribution is -0.134. The molecule has 0 aromatic rings. The fourth-order valence-corrected chi connectivity index (χ4v) is 3.19. The average molecular weight is 456 g/mol. The van der Waals surface area contributed by atoms with E-state index in [9.17, 15) is 4.79 Å². The molecule has 1 rings (SSSR count). The molecule has 0 saturated carbocycles. The molecule has 1 heterocycles. The Morgan fingerprint density at radius 1 is 1.26 bits per heavy atom. The first-order chi connectivity index (χ1) is 10.7. The lowest BCUT2D eigenvalue weighted by Crippen LogP contribution is -2.44. The van der Waals surface area contributed by atoms with E-state index in [2.05, 4.69) is 28.8 Å². The summed E-state index contributed by atoms with van der Waals surface area (Å²) in [5.74, 6) is 2.26. The number of guanidine groups is 1. The van der Waals surface area contributed by atoms with Crippen LogP contribution in [0.1, 0.15) is 45.4 Å². The third kappa shape index (κ3) is 9.64. The van der Waals surface area contributed by atoms with Gasteiger partial charge in [0.25, 0.3) is 0 Å². The number of likely N-dealkylation sites (tertiary alicyclic amines) is 1. The van der Waals surface area contributed by atoms with Crippen LogP contribution in [-0.2, 0) is 4.79 Å². The summed E-state index contributed by atoms with van der Waals surface area (Å²) in [6.07, 6.45) is 8.56. The Morgan fingerprint density at radius 2 is 2.00 bits per heavy atom. The highest BCUT2D eigenvalue weighted by atomic mass is 127. The third-order valence-electron chi connectivity index (χ3n) is 4.05. The molecular formula is C16H33IN4OS. The van der Waals surface area contributed by atoms with Gasteiger partial charge < -0.3 is 15.5 Å². The van der Waals surface area contributed by atoms with Gasteiger partial charge in [0.2, 0.25) is 5.91 Å². The van der Waals surface area contributed by atoms with E-state index in [-0.39, 0.29) is 29.9 Å². The van der Waals surface area contributed by atoms with E-state index in [4.69, 9.17) is 0 Å². The van der Waals surface area contributed by atoms with Crippen molar-refractivity contribution in [3.63, 3.8) is 0 Å². The molecule has 1 fully saturated rings. The number of hydrogen-bond acceptors (Lipinski definition) is 3. The van der Waals surface area contributed by atoms with E-state index in [1.165, 1.54) is 18.6 Å². The molecule has 0 spiro atoms. The van der Waals surface area contributed by atoms with Crippen LogP contribution in [0.25, 0.3) is 0 Å². The molecule has 0 aliphatic carbocycles. The molecule has 7 heteroatoms. The number of thioether (sulfide) groups is 1. The van der Waals surface area contributed by atoms with Crippen LogP contribution < -0.4 is 10.6 Å². The van der Waals surface area contributed by atoms with Crippen molar-refractivity contribution in [3.05, 3.63) is 0 Å². The van der Waals surface area contributed by atoms with Crippen LogP contribution in [0.2, 0.25) is 0 Å². The Bertz CT molecular complexity index is 355. The second kappa shape index (κ2) is 14.2. The Morgan fingerprint density at radius 3 is 2.65 bits per heavy atom. The summed E-state index contributed by atoms with van der Waals surface area (Å²) in [4.78, 5) is 18.5. The number of hydrogen-bond donors (Lipinski definition) is 2. The van der Waals surface area contributed by atoms with Crippen molar-refractivity contribution in [1.82, 2.24) is 15.5 Å². The van der Waals surface area contributed by atoms with Crippen LogP contribution in [0.4, 0.5) is 0 Å². The van der Waals surface area contributed by atoms with Crippen molar-refractivity contribution in [2.24, 2.45) is 4.99 Å². The Hall–Kier alpha value is -0.180. The Balaban J connectivity index is 0.00000484. The lowest BCUT2D eigenvalue weighted by atomic mass is 10.0. The first-order valence-corrected chi connectivity index (χ1v) is 9.81. The zero-order chi connectivity index (χ0) is 16.2. The van der Waals surface area contributed by atoms with Gasteiger partial charge in [0, 0.05) is 39.1 Å². The average Bonchev–Trinajstić information content (AvgIpc) is 2.53. The highest BCUT2D eigenvalue weighted by Gasteiger charge is 2.22. The molecule has 5 nitrogen and oxygen atoms in total. The van der Waals surface area contributed by atoms with Crippen LogP contribution in [0.3, 0.4) is 0 Å². The van der Waals surface area contributed by atoms with E-state index in [1.807, 2.05) is 16.7 Å². The molecule has 23 heavy (non-hydrogen) atoms. The van der Waals surface area contributed by atoms with Crippen molar-refractivity contribution >= 4 is 47.6 Å². The summed E-state index contributed by atoms with van der Waals surface area (Å²) in [5, 5.41) is 6.53. The minimum Gasteiger partial charge on any atom is -0.356 e. The van der Waals surface area contributed by atoms with Crippen LogP contribution in [0.5, 0.6) is 0 Å². The molecule has 0 aromatic carbocycles. The van der Waals surface area contributed by atoms with E-state index in [0.29, 0.717) is 19.0 Å². The number of nitrogens with zero attached hydrogens (tertiary/aromatic N) is 2. The number of amides is 1. The smallest absolute Gasteiger partial charge is 0.224 e.